The maximum atomic E-state index is 12.5. The second-order valence-corrected chi connectivity index (χ2v) is 9.73. The van der Waals surface area contributed by atoms with Crippen molar-refractivity contribution in [3.8, 4) is 0 Å². The Hall–Kier alpha value is -3.16. The first-order valence-corrected chi connectivity index (χ1v) is 12.2. The molecule has 0 aromatic heterocycles. The first kappa shape index (κ1) is 22.0. The molecule has 32 heavy (non-hydrogen) atoms. The van der Waals surface area contributed by atoms with Gasteiger partial charge in [0.15, 0.2) is 0 Å². The van der Waals surface area contributed by atoms with Crippen LogP contribution in [0.4, 0.5) is 11.4 Å². The van der Waals surface area contributed by atoms with Gasteiger partial charge in [0.1, 0.15) is 0 Å². The average molecular weight is 450 g/mol. The Morgan fingerprint density at radius 1 is 0.938 bits per heavy atom. The van der Waals surface area contributed by atoms with Crippen molar-refractivity contribution in [1.29, 1.82) is 0 Å². The largest absolute Gasteiger partial charge is 0.367 e. The predicted molar refractivity (Wildman–Crippen MR) is 127 cm³/mol. The topological polar surface area (TPSA) is 78.5 Å². The lowest BCUT2D eigenvalue weighted by Crippen LogP contribution is -2.30. The predicted octanol–water partition coefficient (Wildman–Crippen LogP) is 3.73. The van der Waals surface area contributed by atoms with Crippen molar-refractivity contribution in [3.63, 3.8) is 0 Å². The second kappa shape index (κ2) is 9.54. The van der Waals surface area contributed by atoms with Crippen LogP contribution in [0.2, 0.25) is 0 Å². The van der Waals surface area contributed by atoms with Crippen molar-refractivity contribution in [2.24, 2.45) is 0 Å². The standard InChI is InChI=1S/C25H27N3O3S/c1-19(29)27-23-8-12-25(13-9-23)32(30,31)26-16-14-20-6-10-24(11-7-20)28-17-15-21-4-2-3-5-22(21)18-28/h2-13,26H,14-18H2,1H3,(H,27,29). The van der Waals surface area contributed by atoms with Crippen molar-refractivity contribution in [2.75, 3.05) is 23.3 Å². The Bertz CT molecular complexity index is 1190. The van der Waals surface area contributed by atoms with Crippen molar-refractivity contribution >= 4 is 27.3 Å². The zero-order valence-corrected chi connectivity index (χ0v) is 18.9. The number of amides is 1. The van der Waals surface area contributed by atoms with Gasteiger partial charge in [-0.3, -0.25) is 4.79 Å². The molecule has 0 bridgehead atoms. The van der Waals surface area contributed by atoms with E-state index in [1.165, 1.54) is 35.9 Å². The smallest absolute Gasteiger partial charge is 0.240 e. The molecule has 0 saturated carbocycles. The van der Waals surface area contributed by atoms with E-state index in [1.807, 2.05) is 0 Å². The van der Waals surface area contributed by atoms with E-state index in [0.29, 0.717) is 18.7 Å². The van der Waals surface area contributed by atoms with Gasteiger partial charge >= 0.3 is 0 Å². The first-order valence-electron chi connectivity index (χ1n) is 10.7. The number of rotatable bonds is 7. The van der Waals surface area contributed by atoms with Crippen LogP contribution < -0.4 is 14.9 Å². The number of hydrogen-bond acceptors (Lipinski definition) is 4. The minimum atomic E-state index is -3.60. The summed E-state index contributed by atoms with van der Waals surface area (Å²) in [5, 5.41) is 2.62. The van der Waals surface area contributed by atoms with Crippen LogP contribution in [0.15, 0.2) is 77.7 Å². The molecule has 6 nitrogen and oxygen atoms in total. The van der Waals surface area contributed by atoms with Crippen molar-refractivity contribution in [1.82, 2.24) is 4.72 Å². The summed E-state index contributed by atoms with van der Waals surface area (Å²) >= 11 is 0. The minimum Gasteiger partial charge on any atom is -0.367 e. The fourth-order valence-corrected chi connectivity index (χ4v) is 4.96. The van der Waals surface area contributed by atoms with Gasteiger partial charge in [0.25, 0.3) is 0 Å². The lowest BCUT2D eigenvalue weighted by atomic mass is 9.99. The van der Waals surface area contributed by atoms with Gasteiger partial charge in [0.05, 0.1) is 4.90 Å². The lowest BCUT2D eigenvalue weighted by Gasteiger charge is -2.30. The highest BCUT2D eigenvalue weighted by Crippen LogP contribution is 2.24. The van der Waals surface area contributed by atoms with Gasteiger partial charge in [-0.2, -0.15) is 0 Å². The molecule has 7 heteroatoms. The summed E-state index contributed by atoms with van der Waals surface area (Å²) in [6.45, 7) is 3.63. The minimum absolute atomic E-state index is 0.173. The molecule has 1 aliphatic rings. The van der Waals surface area contributed by atoms with Gasteiger partial charge < -0.3 is 10.2 Å². The molecule has 2 N–H and O–H groups in total. The molecule has 4 rings (SSSR count). The first-order chi connectivity index (χ1) is 15.4. The van der Waals surface area contributed by atoms with E-state index in [0.717, 1.165) is 25.1 Å². The van der Waals surface area contributed by atoms with Gasteiger partial charge in [0.2, 0.25) is 15.9 Å². The van der Waals surface area contributed by atoms with Crippen molar-refractivity contribution in [3.05, 3.63) is 89.5 Å². The summed E-state index contributed by atoms with van der Waals surface area (Å²) < 4.78 is 27.7. The van der Waals surface area contributed by atoms with E-state index < -0.39 is 10.0 Å². The summed E-state index contributed by atoms with van der Waals surface area (Å²) in [6.07, 6.45) is 1.65. The van der Waals surface area contributed by atoms with E-state index in [9.17, 15) is 13.2 Å². The summed E-state index contributed by atoms with van der Waals surface area (Å²) in [5.41, 5.74) is 5.63. The van der Waals surface area contributed by atoms with Gasteiger partial charge in [-0.15, -0.1) is 0 Å². The molecular weight excluding hydrogens is 422 g/mol. The molecule has 0 fully saturated rings. The molecule has 0 saturated heterocycles. The van der Waals surface area contributed by atoms with Gasteiger partial charge in [-0.05, 0) is 65.9 Å². The number of hydrogen-bond donors (Lipinski definition) is 2. The van der Waals surface area contributed by atoms with Crippen LogP contribution in [0.5, 0.6) is 0 Å². The molecular formula is C25H27N3O3S. The number of sulfonamides is 1. The van der Waals surface area contributed by atoms with E-state index >= 15 is 0 Å². The molecule has 0 radical (unpaired) electrons. The summed E-state index contributed by atoms with van der Waals surface area (Å²) in [7, 11) is -3.60. The highest BCUT2D eigenvalue weighted by atomic mass is 32.2. The molecule has 1 aliphatic heterocycles. The highest BCUT2D eigenvalue weighted by molar-refractivity contribution is 7.89. The highest BCUT2D eigenvalue weighted by Gasteiger charge is 2.16. The number of carbonyl (C=O) groups is 1. The second-order valence-electron chi connectivity index (χ2n) is 7.96. The number of benzene rings is 3. The number of nitrogens with zero attached hydrogens (tertiary/aromatic N) is 1. The van der Waals surface area contributed by atoms with E-state index in [-0.39, 0.29) is 10.8 Å². The third kappa shape index (κ3) is 5.36. The number of fused-ring (bicyclic) bond motifs is 1. The normalized spacial score (nSPS) is 13.5. The maximum absolute atomic E-state index is 12.5. The number of nitrogens with one attached hydrogen (secondary N) is 2. The van der Waals surface area contributed by atoms with Crippen LogP contribution in [0, 0.1) is 0 Å². The Balaban J connectivity index is 1.31. The molecule has 166 valence electrons. The molecule has 0 unspecified atom stereocenters. The monoisotopic (exact) mass is 449 g/mol. The van der Waals surface area contributed by atoms with Crippen LogP contribution in [-0.2, 0) is 34.2 Å². The molecule has 3 aromatic rings. The summed E-state index contributed by atoms with van der Waals surface area (Å²) in [6, 6.07) is 23.0. The summed E-state index contributed by atoms with van der Waals surface area (Å²) in [5.74, 6) is -0.199. The van der Waals surface area contributed by atoms with Crippen LogP contribution >= 0.6 is 0 Å². The Morgan fingerprint density at radius 2 is 1.62 bits per heavy atom. The Morgan fingerprint density at radius 3 is 2.31 bits per heavy atom. The van der Waals surface area contributed by atoms with Gasteiger partial charge in [-0.25, -0.2) is 13.1 Å². The Labute approximate surface area is 189 Å². The molecule has 0 aliphatic carbocycles. The molecule has 0 spiro atoms. The average Bonchev–Trinajstić information content (AvgIpc) is 2.79. The van der Waals surface area contributed by atoms with Crippen LogP contribution in [-0.4, -0.2) is 27.4 Å². The third-order valence-corrected chi connectivity index (χ3v) is 7.10. The van der Waals surface area contributed by atoms with Crippen LogP contribution in [0.1, 0.15) is 23.6 Å². The number of anilines is 2. The van der Waals surface area contributed by atoms with E-state index in [2.05, 4.69) is 63.5 Å². The third-order valence-electron chi connectivity index (χ3n) is 5.62. The zero-order valence-electron chi connectivity index (χ0n) is 18.0. The fourth-order valence-electron chi connectivity index (χ4n) is 3.92. The van der Waals surface area contributed by atoms with E-state index in [4.69, 9.17) is 0 Å². The van der Waals surface area contributed by atoms with Gasteiger partial charge in [-0.1, -0.05) is 36.4 Å². The molecule has 1 heterocycles. The van der Waals surface area contributed by atoms with Crippen molar-refractivity contribution < 1.29 is 13.2 Å². The van der Waals surface area contributed by atoms with Gasteiger partial charge in [0, 0.05) is 37.9 Å². The van der Waals surface area contributed by atoms with Crippen LogP contribution in [0.25, 0.3) is 0 Å². The van der Waals surface area contributed by atoms with Crippen LogP contribution in [0.3, 0.4) is 0 Å². The molecule has 1 amide bonds. The lowest BCUT2D eigenvalue weighted by molar-refractivity contribution is -0.114. The molecule has 3 aromatic carbocycles. The number of carbonyl (C=O) groups excluding carboxylic acids is 1. The zero-order chi connectivity index (χ0) is 22.6. The quantitative estimate of drug-likeness (QED) is 0.576. The Kier molecular flexibility index (Phi) is 6.58. The SMILES string of the molecule is CC(=O)Nc1ccc(S(=O)(=O)NCCc2ccc(N3CCc4ccccc4C3)cc2)cc1. The maximum Gasteiger partial charge on any atom is 0.240 e. The summed E-state index contributed by atoms with van der Waals surface area (Å²) in [4.78, 5) is 13.6. The fraction of sp³-hybridized carbons (Fsp3) is 0.240. The molecule has 0 atom stereocenters. The van der Waals surface area contributed by atoms with E-state index in [1.54, 1.807) is 12.1 Å². The van der Waals surface area contributed by atoms with Crippen molar-refractivity contribution in [2.45, 2.75) is 31.2 Å².